The van der Waals surface area contributed by atoms with E-state index >= 15 is 0 Å². The van der Waals surface area contributed by atoms with E-state index in [4.69, 9.17) is 20.9 Å². The molecule has 0 aliphatic carbocycles. The summed E-state index contributed by atoms with van der Waals surface area (Å²) < 4.78 is 11.4. The second kappa shape index (κ2) is 11.9. The SMILES string of the molecule is CNC(=O)COCCN=Cc1cc([N+](=O)c2cccc(C(N)=O)c2)c(N2CCOCC2)cc1N. The monoisotopic (exact) mass is 469 g/mol. The van der Waals surface area contributed by atoms with E-state index in [1.165, 1.54) is 13.1 Å². The lowest BCUT2D eigenvalue weighted by molar-refractivity contribution is -0.125. The molecule has 1 saturated heterocycles. The normalized spacial score (nSPS) is 13.7. The van der Waals surface area contributed by atoms with Crippen LogP contribution in [-0.2, 0) is 14.3 Å². The van der Waals surface area contributed by atoms with Crippen LogP contribution >= 0.6 is 0 Å². The van der Waals surface area contributed by atoms with Crippen molar-refractivity contribution < 1.29 is 19.1 Å². The van der Waals surface area contributed by atoms with Crippen molar-refractivity contribution in [3.05, 3.63) is 52.4 Å². The second-order valence-electron chi connectivity index (χ2n) is 7.54. The molecule has 1 fully saturated rings. The van der Waals surface area contributed by atoms with E-state index in [0.29, 0.717) is 55.5 Å². The summed E-state index contributed by atoms with van der Waals surface area (Å²) in [7, 11) is 1.54. The van der Waals surface area contributed by atoms with Gasteiger partial charge in [0.25, 0.3) is 11.4 Å². The van der Waals surface area contributed by atoms with Crippen LogP contribution in [0.5, 0.6) is 0 Å². The number of nitroso groups, excluding NO2 is 1. The Labute approximate surface area is 197 Å². The Bertz CT molecular complexity index is 1080. The fourth-order valence-electron chi connectivity index (χ4n) is 3.38. The van der Waals surface area contributed by atoms with Gasteiger partial charge < -0.3 is 31.2 Å². The highest BCUT2D eigenvalue weighted by atomic mass is 16.5. The quantitative estimate of drug-likeness (QED) is 0.203. The summed E-state index contributed by atoms with van der Waals surface area (Å²) in [6.07, 6.45) is 1.57. The molecule has 34 heavy (non-hydrogen) atoms. The first-order valence-corrected chi connectivity index (χ1v) is 10.8. The molecule has 0 saturated carbocycles. The van der Waals surface area contributed by atoms with Gasteiger partial charge in [-0.1, -0.05) is 6.07 Å². The van der Waals surface area contributed by atoms with Gasteiger partial charge in [0.1, 0.15) is 12.3 Å². The Morgan fingerprint density at radius 1 is 1.26 bits per heavy atom. The number of rotatable bonds is 10. The summed E-state index contributed by atoms with van der Waals surface area (Å²) in [5.74, 6) is -0.833. The van der Waals surface area contributed by atoms with Crippen molar-refractivity contribution in [2.75, 3.05) is 63.7 Å². The van der Waals surface area contributed by atoms with Crippen molar-refractivity contribution in [3.63, 3.8) is 0 Å². The largest absolute Gasteiger partial charge is 0.398 e. The van der Waals surface area contributed by atoms with Crippen LogP contribution in [0.3, 0.4) is 0 Å². The van der Waals surface area contributed by atoms with Crippen molar-refractivity contribution in [1.82, 2.24) is 10.1 Å². The van der Waals surface area contributed by atoms with Gasteiger partial charge in [-0.2, -0.15) is 0 Å². The highest BCUT2D eigenvalue weighted by Gasteiger charge is 2.28. The molecule has 180 valence electrons. The number of nitrogen functional groups attached to an aromatic ring is 1. The Balaban J connectivity index is 1.88. The van der Waals surface area contributed by atoms with Crippen molar-refractivity contribution >= 4 is 40.8 Å². The summed E-state index contributed by atoms with van der Waals surface area (Å²) in [5.41, 5.74) is 14.2. The summed E-state index contributed by atoms with van der Waals surface area (Å²) in [4.78, 5) is 42.5. The van der Waals surface area contributed by atoms with Crippen LogP contribution in [0.4, 0.5) is 22.7 Å². The van der Waals surface area contributed by atoms with E-state index in [1.54, 1.807) is 36.5 Å². The average molecular weight is 470 g/mol. The fourth-order valence-corrected chi connectivity index (χ4v) is 3.38. The van der Waals surface area contributed by atoms with Crippen LogP contribution in [0.15, 0.2) is 41.4 Å². The van der Waals surface area contributed by atoms with Gasteiger partial charge in [0, 0.05) is 66.3 Å². The highest BCUT2D eigenvalue weighted by molar-refractivity contribution is 5.94. The third-order valence-corrected chi connectivity index (χ3v) is 5.22. The molecular formula is C23H29N6O5+. The number of ether oxygens (including phenoxy) is 2. The van der Waals surface area contributed by atoms with Gasteiger partial charge in [0.15, 0.2) is 0 Å². The molecule has 5 N–H and O–H groups in total. The van der Waals surface area contributed by atoms with E-state index in [2.05, 4.69) is 10.3 Å². The zero-order valence-electron chi connectivity index (χ0n) is 19.0. The van der Waals surface area contributed by atoms with Crippen LogP contribution in [0.2, 0.25) is 0 Å². The molecule has 3 rings (SSSR count). The maximum Gasteiger partial charge on any atom is 0.287 e. The lowest BCUT2D eigenvalue weighted by atomic mass is 10.1. The smallest absolute Gasteiger partial charge is 0.287 e. The van der Waals surface area contributed by atoms with Gasteiger partial charge in [0.05, 0.1) is 31.1 Å². The molecule has 0 aromatic heterocycles. The van der Waals surface area contributed by atoms with Gasteiger partial charge in [-0.05, 0) is 12.1 Å². The number of nitrogens with one attached hydrogen (secondary N) is 1. The van der Waals surface area contributed by atoms with Crippen LogP contribution in [0.1, 0.15) is 15.9 Å². The van der Waals surface area contributed by atoms with Gasteiger partial charge in [-0.3, -0.25) is 14.6 Å². The minimum atomic E-state index is -0.618. The Kier molecular flexibility index (Phi) is 8.66. The average Bonchev–Trinajstić information content (AvgIpc) is 2.86. The number of hydrogen-bond donors (Lipinski definition) is 3. The van der Waals surface area contributed by atoms with E-state index in [-0.39, 0.29) is 30.4 Å². The molecule has 0 unspecified atom stereocenters. The number of likely N-dealkylation sites (N-methyl/N-ethyl adjacent to an activating group) is 1. The maximum absolute atomic E-state index is 13.4. The maximum atomic E-state index is 13.4. The zero-order valence-corrected chi connectivity index (χ0v) is 19.0. The first-order chi connectivity index (χ1) is 16.4. The first kappa shape index (κ1) is 24.8. The summed E-state index contributed by atoms with van der Waals surface area (Å²) >= 11 is 0. The van der Waals surface area contributed by atoms with Gasteiger partial charge in [-0.15, -0.1) is 0 Å². The number of anilines is 2. The van der Waals surface area contributed by atoms with Gasteiger partial charge in [0.2, 0.25) is 11.8 Å². The first-order valence-electron chi connectivity index (χ1n) is 10.8. The molecule has 0 bridgehead atoms. The van der Waals surface area contributed by atoms with Crippen molar-refractivity contribution in [2.45, 2.75) is 0 Å². The Hall–Kier alpha value is -3.83. The molecule has 2 aromatic rings. The molecule has 1 aliphatic rings. The van der Waals surface area contributed by atoms with E-state index in [0.717, 1.165) is 4.76 Å². The summed E-state index contributed by atoms with van der Waals surface area (Å²) in [6.45, 7) is 2.83. The lowest BCUT2D eigenvalue weighted by Gasteiger charge is -2.28. The van der Waals surface area contributed by atoms with Gasteiger partial charge >= 0.3 is 0 Å². The van der Waals surface area contributed by atoms with Gasteiger partial charge in [-0.25, -0.2) is 0 Å². The molecule has 1 heterocycles. The van der Waals surface area contributed by atoms with Crippen LogP contribution < -0.4 is 26.4 Å². The number of morpholine rings is 1. The van der Waals surface area contributed by atoms with Crippen molar-refractivity contribution in [3.8, 4) is 0 Å². The third kappa shape index (κ3) is 6.36. The minimum absolute atomic E-state index is 0.0396. The zero-order chi connectivity index (χ0) is 24.5. The molecule has 1 aliphatic heterocycles. The Morgan fingerprint density at radius 2 is 2.03 bits per heavy atom. The van der Waals surface area contributed by atoms with Crippen LogP contribution in [0, 0.1) is 4.91 Å². The number of benzene rings is 2. The number of nitrogens with two attached hydrogens (primary N) is 2. The molecular weight excluding hydrogens is 440 g/mol. The fraction of sp³-hybridized carbons (Fsp3) is 0.348. The van der Waals surface area contributed by atoms with E-state index < -0.39 is 5.91 Å². The highest BCUT2D eigenvalue weighted by Crippen LogP contribution is 2.35. The predicted octanol–water partition coefficient (Wildman–Crippen LogP) is 0.987. The number of primary amides is 1. The molecule has 11 heteroatoms. The number of carbonyl (C=O) groups excluding carboxylic acids is 2. The molecule has 0 radical (unpaired) electrons. The minimum Gasteiger partial charge on any atom is -0.398 e. The molecule has 0 atom stereocenters. The van der Waals surface area contributed by atoms with Crippen molar-refractivity contribution in [1.29, 1.82) is 0 Å². The molecule has 2 aromatic carbocycles. The number of amides is 2. The van der Waals surface area contributed by atoms with Crippen molar-refractivity contribution in [2.24, 2.45) is 10.7 Å². The molecule has 11 nitrogen and oxygen atoms in total. The predicted molar refractivity (Wildman–Crippen MR) is 131 cm³/mol. The number of aliphatic imine (C=N–C) groups is 1. The van der Waals surface area contributed by atoms with Crippen LogP contribution in [0.25, 0.3) is 0 Å². The number of hydrogen-bond acceptors (Lipinski definition) is 8. The number of carbonyl (C=O) groups is 2. The molecule has 2 amide bonds. The summed E-state index contributed by atoms with van der Waals surface area (Å²) in [5, 5.41) is 2.47. The van der Waals surface area contributed by atoms with E-state index in [9.17, 15) is 14.5 Å². The van der Waals surface area contributed by atoms with E-state index in [1.807, 2.05) is 4.90 Å². The Morgan fingerprint density at radius 3 is 2.74 bits per heavy atom. The lowest BCUT2D eigenvalue weighted by Crippen LogP contribution is -2.36. The third-order valence-electron chi connectivity index (χ3n) is 5.22. The summed E-state index contributed by atoms with van der Waals surface area (Å²) in [6, 6.07) is 9.62. The second-order valence-corrected chi connectivity index (χ2v) is 7.54. The van der Waals surface area contributed by atoms with Crippen LogP contribution in [-0.4, -0.2) is 71.1 Å². The standard InChI is InChI=1S/C23H28N6O5/c1-26-22(30)15-34-8-5-27-14-17-12-21(20(13-19(17)24)28-6-9-33-10-7-28)29(32)18-4-2-3-16(11-18)23(25)31/h2-4,11-14H,5-10,15H2,1H3,(H4-,24,25,26,27,30,31,32)/p+1. The topological polar surface area (TPSA) is 152 Å². The molecule has 0 spiro atoms. The number of nitrogens with zero attached hydrogens (tertiary/aromatic N) is 3.